The van der Waals surface area contributed by atoms with Gasteiger partial charge in [0.25, 0.3) is 0 Å². The van der Waals surface area contributed by atoms with Crippen molar-refractivity contribution in [3.63, 3.8) is 0 Å². The normalized spacial score (nSPS) is 15.1. The van der Waals surface area contributed by atoms with Gasteiger partial charge in [0.2, 0.25) is 0 Å². The molecule has 0 aliphatic heterocycles. The summed E-state index contributed by atoms with van der Waals surface area (Å²) in [4.78, 5) is 0. The molecule has 0 amide bonds. The lowest BCUT2D eigenvalue weighted by molar-refractivity contribution is 0.648. The van der Waals surface area contributed by atoms with E-state index < -0.39 is 0 Å². The van der Waals surface area contributed by atoms with Crippen molar-refractivity contribution in [3.8, 4) is 33.6 Å². The third-order valence-corrected chi connectivity index (χ3v) is 13.3. The minimum absolute atomic E-state index is 0.226. The molecule has 0 unspecified atom stereocenters. The molecule has 0 saturated heterocycles. The van der Waals surface area contributed by atoms with E-state index in [2.05, 4.69) is 193 Å². The summed E-state index contributed by atoms with van der Waals surface area (Å²) in [6.45, 7) is 4.89. The van der Waals surface area contributed by atoms with Gasteiger partial charge in [-0.2, -0.15) is 0 Å². The van der Waals surface area contributed by atoms with Crippen molar-refractivity contribution >= 4 is 43.6 Å². The molecule has 1 spiro atoms. The number of hydrogen-bond donors (Lipinski definition) is 0. The van der Waals surface area contributed by atoms with Gasteiger partial charge in [-0.15, -0.1) is 0 Å². The molecular formula is C52H34N2. The van der Waals surface area contributed by atoms with Gasteiger partial charge in [-0.25, -0.2) is 0 Å². The molecule has 0 radical (unpaired) electrons. The standard InChI is InChI=1S/C52H34N2/c1-51(2)39-21-12-23-41-47(39)49-42(52(41)37-19-9-6-16-33(37)34-17-7-10-20-38(34)52)27-29-46-50(49)48-40(51)22-13-25-45(48)54(46)32-26-28-44-36(30-32)35-18-8-11-24-43(35)53(44)31-14-4-3-5-15-31/h3-30H,1-2H3. The third kappa shape index (κ3) is 3.15. The van der Waals surface area contributed by atoms with Crippen molar-refractivity contribution < 1.29 is 0 Å². The zero-order valence-corrected chi connectivity index (χ0v) is 30.1. The number of hydrogen-bond acceptors (Lipinski definition) is 0. The SMILES string of the molecule is CC1(C)c2cccc3c2-c2c(ccc4c2c2c1cccc2n4-c1ccc2c(c1)c1ccccc1n2-c1ccccc1)C31c2ccccc2-c2ccccc21. The van der Waals surface area contributed by atoms with E-state index in [1.165, 1.54) is 111 Å². The fourth-order valence-corrected chi connectivity index (χ4v) is 11.2. The fourth-order valence-electron chi connectivity index (χ4n) is 11.2. The van der Waals surface area contributed by atoms with Crippen LogP contribution in [-0.4, -0.2) is 9.13 Å². The van der Waals surface area contributed by atoms with Crippen LogP contribution in [0.3, 0.4) is 0 Å². The van der Waals surface area contributed by atoms with Gasteiger partial charge in [0.15, 0.2) is 0 Å². The van der Waals surface area contributed by atoms with E-state index in [0.29, 0.717) is 0 Å². The molecule has 0 fully saturated rings. The molecule has 0 atom stereocenters. The molecule has 0 saturated carbocycles. The third-order valence-electron chi connectivity index (χ3n) is 13.3. The topological polar surface area (TPSA) is 9.86 Å². The Kier molecular flexibility index (Phi) is 5.17. The maximum Gasteiger partial charge on any atom is 0.0725 e. The Hall–Kier alpha value is -6.64. The largest absolute Gasteiger partial charge is 0.309 e. The van der Waals surface area contributed by atoms with Crippen LogP contribution in [0.2, 0.25) is 0 Å². The molecule has 13 rings (SSSR count). The van der Waals surface area contributed by atoms with Crippen LogP contribution in [0.15, 0.2) is 170 Å². The Morgan fingerprint density at radius 2 is 0.907 bits per heavy atom. The molecular weight excluding hydrogens is 653 g/mol. The van der Waals surface area contributed by atoms with Crippen LogP contribution in [0.25, 0.3) is 77.2 Å². The molecule has 2 nitrogen and oxygen atoms in total. The molecule has 10 aromatic rings. The average Bonchev–Trinajstić information content (AvgIpc) is 3.91. The smallest absolute Gasteiger partial charge is 0.0725 e. The van der Waals surface area contributed by atoms with Gasteiger partial charge in [0.05, 0.1) is 27.5 Å². The van der Waals surface area contributed by atoms with Crippen molar-refractivity contribution in [2.75, 3.05) is 0 Å². The first-order chi connectivity index (χ1) is 26.6. The van der Waals surface area contributed by atoms with E-state index >= 15 is 0 Å². The predicted octanol–water partition coefficient (Wildman–Crippen LogP) is 12.9. The van der Waals surface area contributed by atoms with Crippen molar-refractivity contribution in [1.29, 1.82) is 0 Å². The second-order valence-electron chi connectivity index (χ2n) is 16.0. The van der Waals surface area contributed by atoms with E-state index in [1.807, 2.05) is 0 Å². The van der Waals surface area contributed by atoms with E-state index in [-0.39, 0.29) is 10.8 Å². The molecule has 2 heteroatoms. The maximum atomic E-state index is 2.55. The van der Waals surface area contributed by atoms with E-state index in [1.54, 1.807) is 0 Å². The first-order valence-electron chi connectivity index (χ1n) is 19.1. The van der Waals surface area contributed by atoms with Gasteiger partial charge in [-0.05, 0) is 104 Å². The summed E-state index contributed by atoms with van der Waals surface area (Å²) in [6, 6.07) is 64.1. The molecule has 2 heterocycles. The average molecular weight is 687 g/mol. The van der Waals surface area contributed by atoms with Crippen molar-refractivity contribution in [1.82, 2.24) is 9.13 Å². The van der Waals surface area contributed by atoms with Gasteiger partial charge in [0, 0.05) is 38.3 Å². The van der Waals surface area contributed by atoms with E-state index in [0.717, 1.165) is 0 Å². The number of rotatable bonds is 2. The highest BCUT2D eigenvalue weighted by Crippen LogP contribution is 2.67. The molecule has 0 N–H and O–H groups in total. The summed E-state index contributed by atoms with van der Waals surface area (Å²) in [7, 11) is 0. The molecule has 8 aromatic carbocycles. The van der Waals surface area contributed by atoms with E-state index in [9.17, 15) is 0 Å². The summed E-state index contributed by atoms with van der Waals surface area (Å²) in [5.74, 6) is 0. The lowest BCUT2D eigenvalue weighted by Gasteiger charge is -2.32. The van der Waals surface area contributed by atoms with Crippen LogP contribution >= 0.6 is 0 Å². The first-order valence-corrected chi connectivity index (χ1v) is 19.1. The first kappa shape index (κ1) is 28.9. The molecule has 2 aromatic heterocycles. The lowest BCUT2D eigenvalue weighted by Crippen LogP contribution is -2.26. The van der Waals surface area contributed by atoms with Crippen LogP contribution in [0.1, 0.15) is 47.2 Å². The van der Waals surface area contributed by atoms with Gasteiger partial charge < -0.3 is 9.13 Å². The van der Waals surface area contributed by atoms with Crippen molar-refractivity contribution in [2.24, 2.45) is 0 Å². The quantitative estimate of drug-likeness (QED) is 0.171. The second-order valence-corrected chi connectivity index (χ2v) is 16.0. The van der Waals surface area contributed by atoms with Crippen molar-refractivity contribution in [2.45, 2.75) is 24.7 Å². The molecule has 3 aliphatic carbocycles. The van der Waals surface area contributed by atoms with E-state index in [4.69, 9.17) is 0 Å². The highest BCUT2D eigenvalue weighted by Gasteiger charge is 2.54. The van der Waals surface area contributed by atoms with Crippen LogP contribution in [0.4, 0.5) is 0 Å². The summed E-state index contributed by atoms with van der Waals surface area (Å²) in [6.07, 6.45) is 0. The monoisotopic (exact) mass is 686 g/mol. The Bertz CT molecular complexity index is 3250. The zero-order valence-electron chi connectivity index (χ0n) is 30.1. The van der Waals surface area contributed by atoms with Crippen LogP contribution < -0.4 is 0 Å². The predicted molar refractivity (Wildman–Crippen MR) is 224 cm³/mol. The Balaban J connectivity index is 1.19. The number of fused-ring (bicyclic) bond motifs is 10. The number of aromatic nitrogens is 2. The summed E-state index contributed by atoms with van der Waals surface area (Å²) >= 11 is 0. The second kappa shape index (κ2) is 9.66. The van der Waals surface area contributed by atoms with Gasteiger partial charge in [-0.1, -0.05) is 135 Å². The lowest BCUT2D eigenvalue weighted by atomic mass is 9.69. The minimum atomic E-state index is -0.378. The summed E-state index contributed by atoms with van der Waals surface area (Å²) < 4.78 is 4.95. The molecule has 3 aliphatic rings. The maximum absolute atomic E-state index is 2.55. The Morgan fingerprint density at radius 3 is 1.72 bits per heavy atom. The number of para-hydroxylation sites is 2. The van der Waals surface area contributed by atoms with Gasteiger partial charge in [-0.3, -0.25) is 0 Å². The minimum Gasteiger partial charge on any atom is -0.309 e. The molecule has 252 valence electrons. The number of nitrogens with zero attached hydrogens (tertiary/aromatic N) is 2. The van der Waals surface area contributed by atoms with Gasteiger partial charge >= 0.3 is 0 Å². The summed E-state index contributed by atoms with van der Waals surface area (Å²) in [5, 5.41) is 5.28. The highest BCUT2D eigenvalue weighted by molar-refractivity contribution is 6.22. The van der Waals surface area contributed by atoms with Crippen LogP contribution in [0.5, 0.6) is 0 Å². The van der Waals surface area contributed by atoms with Crippen LogP contribution in [-0.2, 0) is 10.8 Å². The Morgan fingerprint density at radius 1 is 0.352 bits per heavy atom. The summed E-state index contributed by atoms with van der Waals surface area (Å²) in [5.41, 5.74) is 20.7. The fraction of sp³-hybridized carbons (Fsp3) is 0.0769. The Labute approximate surface area is 313 Å². The molecule has 54 heavy (non-hydrogen) atoms. The highest BCUT2D eigenvalue weighted by atomic mass is 15.0. The number of benzene rings is 8. The van der Waals surface area contributed by atoms with Gasteiger partial charge in [0.1, 0.15) is 0 Å². The van der Waals surface area contributed by atoms with Crippen molar-refractivity contribution in [3.05, 3.63) is 203 Å². The van der Waals surface area contributed by atoms with Crippen LogP contribution in [0, 0.1) is 0 Å². The zero-order chi connectivity index (χ0) is 35.5. The molecule has 0 bridgehead atoms.